The van der Waals surface area contributed by atoms with Gasteiger partial charge in [0.2, 0.25) is 5.91 Å². The highest BCUT2D eigenvalue weighted by atomic mass is 127. The molecule has 0 saturated carbocycles. The summed E-state index contributed by atoms with van der Waals surface area (Å²) >= 11 is 1.97. The molecule has 0 aliphatic carbocycles. The van der Waals surface area contributed by atoms with Crippen molar-refractivity contribution in [3.8, 4) is 5.75 Å². The van der Waals surface area contributed by atoms with Crippen LogP contribution in [0.25, 0.3) is 0 Å². The van der Waals surface area contributed by atoms with Crippen LogP contribution in [0, 0.1) is 9.49 Å². The van der Waals surface area contributed by atoms with Crippen LogP contribution in [-0.2, 0) is 4.79 Å². The van der Waals surface area contributed by atoms with Crippen LogP contribution in [0.15, 0.2) is 18.2 Å². The summed E-state index contributed by atoms with van der Waals surface area (Å²) in [6.07, 6.45) is 0. The van der Waals surface area contributed by atoms with E-state index >= 15 is 0 Å². The Balaban J connectivity index is 2.47. The van der Waals surface area contributed by atoms with Gasteiger partial charge in [0.15, 0.2) is 0 Å². The van der Waals surface area contributed by atoms with Crippen LogP contribution in [0.4, 0.5) is 0 Å². The predicted molar refractivity (Wildman–Crippen MR) is 81.0 cm³/mol. The SMILES string of the molecule is CC(C)CNC(=O)CNC(=O)c1ccc(I)c(O)c1. The van der Waals surface area contributed by atoms with Gasteiger partial charge in [-0.15, -0.1) is 0 Å². The van der Waals surface area contributed by atoms with Gasteiger partial charge in [-0.1, -0.05) is 13.8 Å². The van der Waals surface area contributed by atoms with Crippen LogP contribution in [0.1, 0.15) is 24.2 Å². The third-order valence-corrected chi connectivity index (χ3v) is 3.24. The summed E-state index contributed by atoms with van der Waals surface area (Å²) in [5.41, 5.74) is 0.328. The smallest absolute Gasteiger partial charge is 0.251 e. The molecule has 0 atom stereocenters. The first-order valence-corrected chi connectivity index (χ1v) is 7.01. The van der Waals surface area contributed by atoms with Gasteiger partial charge in [0.25, 0.3) is 5.91 Å². The van der Waals surface area contributed by atoms with E-state index in [1.165, 1.54) is 6.07 Å². The third kappa shape index (κ3) is 5.46. The first-order chi connectivity index (χ1) is 8.90. The normalized spacial score (nSPS) is 10.3. The first-order valence-electron chi connectivity index (χ1n) is 5.93. The Kier molecular flexibility index (Phi) is 6.07. The molecule has 2 amide bonds. The number of halogens is 1. The number of phenols is 1. The fraction of sp³-hybridized carbons (Fsp3) is 0.385. The van der Waals surface area contributed by atoms with Crippen LogP contribution < -0.4 is 10.6 Å². The number of carbonyl (C=O) groups excluding carboxylic acids is 2. The zero-order chi connectivity index (χ0) is 14.4. The minimum absolute atomic E-state index is 0.0532. The largest absolute Gasteiger partial charge is 0.507 e. The molecular weight excluding hydrogens is 359 g/mol. The fourth-order valence-corrected chi connectivity index (χ4v) is 1.63. The molecule has 0 aromatic heterocycles. The molecule has 19 heavy (non-hydrogen) atoms. The lowest BCUT2D eigenvalue weighted by atomic mass is 10.2. The van der Waals surface area contributed by atoms with Crippen LogP contribution in [0.5, 0.6) is 5.75 Å². The fourth-order valence-electron chi connectivity index (χ4n) is 1.30. The lowest BCUT2D eigenvalue weighted by Gasteiger charge is -2.09. The summed E-state index contributed by atoms with van der Waals surface area (Å²) in [5.74, 6) is -0.187. The number of benzene rings is 1. The standard InChI is InChI=1S/C13H17IN2O3/c1-8(2)6-15-12(18)7-16-13(19)9-3-4-10(14)11(17)5-9/h3-5,8,17H,6-7H2,1-2H3,(H,15,18)(H,16,19). The van der Waals surface area contributed by atoms with Gasteiger partial charge in [0.1, 0.15) is 5.75 Å². The van der Waals surface area contributed by atoms with Crippen molar-refractivity contribution in [1.29, 1.82) is 0 Å². The number of hydrogen-bond donors (Lipinski definition) is 3. The van der Waals surface area contributed by atoms with E-state index in [1.54, 1.807) is 12.1 Å². The van der Waals surface area contributed by atoms with E-state index in [0.717, 1.165) is 0 Å². The number of amides is 2. The number of aromatic hydroxyl groups is 1. The minimum atomic E-state index is -0.383. The van der Waals surface area contributed by atoms with Crippen LogP contribution in [0.2, 0.25) is 0 Å². The molecule has 0 radical (unpaired) electrons. The van der Waals surface area contributed by atoms with Gasteiger partial charge in [0, 0.05) is 12.1 Å². The highest BCUT2D eigenvalue weighted by Gasteiger charge is 2.10. The number of nitrogens with one attached hydrogen (secondary N) is 2. The van der Waals surface area contributed by atoms with Gasteiger partial charge in [-0.25, -0.2) is 0 Å². The highest BCUT2D eigenvalue weighted by molar-refractivity contribution is 14.1. The lowest BCUT2D eigenvalue weighted by molar-refractivity contribution is -0.120. The molecule has 0 saturated heterocycles. The highest BCUT2D eigenvalue weighted by Crippen LogP contribution is 2.20. The number of phenolic OH excluding ortho intramolecular Hbond substituents is 1. The minimum Gasteiger partial charge on any atom is -0.507 e. The molecule has 0 spiro atoms. The molecule has 0 aliphatic rings. The molecule has 104 valence electrons. The second kappa shape index (κ2) is 7.32. The number of hydrogen-bond acceptors (Lipinski definition) is 3. The summed E-state index contributed by atoms with van der Waals surface area (Å²) in [7, 11) is 0. The number of rotatable bonds is 5. The molecule has 5 nitrogen and oxygen atoms in total. The van der Waals surface area contributed by atoms with E-state index in [-0.39, 0.29) is 24.1 Å². The Bertz CT molecular complexity index is 475. The Labute approximate surface area is 125 Å². The Morgan fingerprint density at radius 1 is 1.32 bits per heavy atom. The van der Waals surface area contributed by atoms with Crippen molar-refractivity contribution in [2.75, 3.05) is 13.1 Å². The first kappa shape index (κ1) is 15.7. The lowest BCUT2D eigenvalue weighted by Crippen LogP contribution is -2.38. The van der Waals surface area contributed by atoms with Gasteiger partial charge >= 0.3 is 0 Å². The zero-order valence-electron chi connectivity index (χ0n) is 10.9. The summed E-state index contributed by atoms with van der Waals surface area (Å²) in [6, 6.07) is 4.62. The van der Waals surface area contributed by atoms with Gasteiger partial charge in [-0.2, -0.15) is 0 Å². The van der Waals surface area contributed by atoms with Gasteiger partial charge in [-0.05, 0) is 46.7 Å². The third-order valence-electron chi connectivity index (χ3n) is 2.33. The summed E-state index contributed by atoms with van der Waals surface area (Å²) in [4.78, 5) is 23.2. The summed E-state index contributed by atoms with van der Waals surface area (Å²) in [6.45, 7) is 4.50. The van der Waals surface area contributed by atoms with Crippen molar-refractivity contribution in [3.63, 3.8) is 0 Å². The molecule has 0 aliphatic heterocycles. The molecular formula is C13H17IN2O3. The molecule has 1 aromatic carbocycles. The molecule has 0 fully saturated rings. The second-order valence-electron chi connectivity index (χ2n) is 4.55. The van der Waals surface area contributed by atoms with E-state index < -0.39 is 0 Å². The van der Waals surface area contributed by atoms with Crippen molar-refractivity contribution >= 4 is 34.4 Å². The van der Waals surface area contributed by atoms with Crippen molar-refractivity contribution in [1.82, 2.24) is 10.6 Å². The Morgan fingerprint density at radius 2 is 2.00 bits per heavy atom. The van der Waals surface area contributed by atoms with Crippen molar-refractivity contribution in [3.05, 3.63) is 27.3 Å². The predicted octanol–water partition coefficient (Wildman–Crippen LogP) is 1.50. The molecule has 6 heteroatoms. The van der Waals surface area contributed by atoms with Crippen molar-refractivity contribution in [2.24, 2.45) is 5.92 Å². The number of carbonyl (C=O) groups is 2. The Hall–Kier alpha value is -1.31. The van der Waals surface area contributed by atoms with Crippen molar-refractivity contribution in [2.45, 2.75) is 13.8 Å². The van der Waals surface area contributed by atoms with Crippen LogP contribution >= 0.6 is 22.6 Å². The summed E-state index contributed by atoms with van der Waals surface area (Å²) < 4.78 is 0.670. The van der Waals surface area contributed by atoms with Crippen molar-refractivity contribution < 1.29 is 14.7 Å². The van der Waals surface area contributed by atoms with Gasteiger partial charge in [-0.3, -0.25) is 9.59 Å². The molecule has 1 aromatic rings. The monoisotopic (exact) mass is 376 g/mol. The van der Waals surface area contributed by atoms with Gasteiger partial charge in [0.05, 0.1) is 10.1 Å². The van der Waals surface area contributed by atoms with Gasteiger partial charge < -0.3 is 15.7 Å². The van der Waals surface area contributed by atoms with E-state index in [2.05, 4.69) is 10.6 Å². The average molecular weight is 376 g/mol. The average Bonchev–Trinajstić information content (AvgIpc) is 2.36. The second-order valence-corrected chi connectivity index (χ2v) is 5.71. The molecule has 1 rings (SSSR count). The summed E-state index contributed by atoms with van der Waals surface area (Å²) in [5, 5.41) is 14.7. The topological polar surface area (TPSA) is 78.4 Å². The maximum absolute atomic E-state index is 11.7. The van der Waals surface area contributed by atoms with Crippen LogP contribution in [0.3, 0.4) is 0 Å². The van der Waals surface area contributed by atoms with Crippen LogP contribution in [-0.4, -0.2) is 30.0 Å². The van der Waals surface area contributed by atoms with E-state index in [4.69, 9.17) is 0 Å². The molecule has 0 heterocycles. The maximum atomic E-state index is 11.7. The zero-order valence-corrected chi connectivity index (χ0v) is 13.0. The molecule has 0 unspecified atom stereocenters. The molecule has 0 bridgehead atoms. The Morgan fingerprint density at radius 3 is 2.58 bits per heavy atom. The van der Waals surface area contributed by atoms with E-state index in [0.29, 0.717) is 21.6 Å². The van der Waals surface area contributed by atoms with E-state index in [9.17, 15) is 14.7 Å². The van der Waals surface area contributed by atoms with E-state index in [1.807, 2.05) is 36.4 Å². The quantitative estimate of drug-likeness (QED) is 0.682. The molecule has 3 N–H and O–H groups in total. The maximum Gasteiger partial charge on any atom is 0.251 e.